The number of aromatic hydroxyl groups is 1. The number of hydrogen-bond donors (Lipinski definition) is 1. The molecular formula is C24H19NO. The lowest BCUT2D eigenvalue weighted by molar-refractivity contribution is 0.482. The fourth-order valence-electron chi connectivity index (χ4n) is 4.14. The molecule has 3 aromatic carbocycles. The highest BCUT2D eigenvalue weighted by atomic mass is 16.3. The van der Waals surface area contributed by atoms with Crippen LogP contribution in [0, 0.1) is 0 Å². The quantitative estimate of drug-likeness (QED) is 0.468. The van der Waals surface area contributed by atoms with Gasteiger partial charge in [0.05, 0.1) is 5.69 Å². The molecule has 0 spiro atoms. The van der Waals surface area contributed by atoms with Crippen molar-refractivity contribution in [2.24, 2.45) is 0 Å². The summed E-state index contributed by atoms with van der Waals surface area (Å²) >= 11 is 0. The molecule has 26 heavy (non-hydrogen) atoms. The standard InChI is InChI=1S/C24H19NO/c1-24(2)19-12-16-10-6-7-11-18(16)23(26)21(19)22-20(24)13-17(14-25-22)15-8-4-3-5-9-15/h3-14,26H,1-2H3. The molecule has 0 saturated heterocycles. The summed E-state index contributed by atoms with van der Waals surface area (Å²) in [5.74, 6) is 0.338. The SMILES string of the molecule is CC1(C)c2cc(-c3ccccc3)cnc2-c2c1cc1ccccc1c2O. The van der Waals surface area contributed by atoms with Crippen LogP contribution in [-0.2, 0) is 5.41 Å². The molecule has 0 fully saturated rings. The summed E-state index contributed by atoms with van der Waals surface area (Å²) in [4.78, 5) is 4.78. The van der Waals surface area contributed by atoms with Crippen LogP contribution in [0.4, 0.5) is 0 Å². The van der Waals surface area contributed by atoms with Crippen LogP contribution in [0.5, 0.6) is 5.75 Å². The van der Waals surface area contributed by atoms with E-state index < -0.39 is 0 Å². The maximum Gasteiger partial charge on any atom is 0.133 e. The first-order valence-corrected chi connectivity index (χ1v) is 8.89. The van der Waals surface area contributed by atoms with Crippen molar-refractivity contribution < 1.29 is 5.11 Å². The Hall–Kier alpha value is -3.13. The number of rotatable bonds is 1. The zero-order valence-corrected chi connectivity index (χ0v) is 14.8. The fraction of sp³-hybridized carbons (Fsp3) is 0.125. The van der Waals surface area contributed by atoms with E-state index in [-0.39, 0.29) is 5.41 Å². The van der Waals surface area contributed by atoms with Gasteiger partial charge < -0.3 is 5.11 Å². The van der Waals surface area contributed by atoms with Gasteiger partial charge in [0.15, 0.2) is 0 Å². The van der Waals surface area contributed by atoms with Gasteiger partial charge in [-0.05, 0) is 34.2 Å². The molecule has 1 heterocycles. The van der Waals surface area contributed by atoms with Crippen molar-refractivity contribution in [1.82, 2.24) is 4.98 Å². The summed E-state index contributed by atoms with van der Waals surface area (Å²) < 4.78 is 0. The van der Waals surface area contributed by atoms with Crippen LogP contribution >= 0.6 is 0 Å². The third kappa shape index (κ3) is 1.96. The summed E-state index contributed by atoms with van der Waals surface area (Å²) in [6, 6.07) is 22.7. The predicted octanol–water partition coefficient (Wildman–Crippen LogP) is 5.91. The summed E-state index contributed by atoms with van der Waals surface area (Å²) in [7, 11) is 0. The Bertz CT molecular complexity index is 1160. The monoisotopic (exact) mass is 337 g/mol. The second-order valence-corrected chi connectivity index (χ2v) is 7.48. The molecule has 0 bridgehead atoms. The smallest absolute Gasteiger partial charge is 0.133 e. The molecule has 4 aromatic rings. The van der Waals surface area contributed by atoms with Gasteiger partial charge in [-0.15, -0.1) is 0 Å². The molecule has 0 saturated carbocycles. The van der Waals surface area contributed by atoms with Crippen molar-refractivity contribution in [3.63, 3.8) is 0 Å². The zero-order chi connectivity index (χ0) is 17.9. The molecule has 2 heteroatoms. The number of hydrogen-bond acceptors (Lipinski definition) is 2. The Morgan fingerprint density at radius 1 is 0.808 bits per heavy atom. The number of aromatic nitrogens is 1. The largest absolute Gasteiger partial charge is 0.507 e. The number of phenolic OH excluding ortho intramolecular Hbond substituents is 1. The Morgan fingerprint density at radius 3 is 2.35 bits per heavy atom. The normalized spacial score (nSPS) is 14.2. The molecule has 126 valence electrons. The van der Waals surface area contributed by atoms with E-state index in [0.29, 0.717) is 5.75 Å². The third-order valence-corrected chi connectivity index (χ3v) is 5.60. The summed E-state index contributed by atoms with van der Waals surface area (Å²) in [6.07, 6.45) is 1.91. The van der Waals surface area contributed by atoms with E-state index >= 15 is 0 Å². The van der Waals surface area contributed by atoms with Crippen LogP contribution in [0.15, 0.2) is 72.9 Å². The average molecular weight is 337 g/mol. The molecule has 1 aliphatic carbocycles. The van der Waals surface area contributed by atoms with Gasteiger partial charge in [0.2, 0.25) is 0 Å². The van der Waals surface area contributed by atoms with Gasteiger partial charge in [-0.25, -0.2) is 0 Å². The molecule has 1 aromatic heterocycles. The summed E-state index contributed by atoms with van der Waals surface area (Å²) in [5, 5.41) is 12.9. The molecule has 1 aliphatic rings. The van der Waals surface area contributed by atoms with E-state index in [0.717, 1.165) is 38.7 Å². The van der Waals surface area contributed by atoms with Crippen LogP contribution in [0.25, 0.3) is 33.2 Å². The summed E-state index contributed by atoms with van der Waals surface area (Å²) in [5.41, 5.74) is 6.14. The second kappa shape index (κ2) is 5.18. The van der Waals surface area contributed by atoms with Crippen molar-refractivity contribution >= 4 is 10.8 Å². The minimum Gasteiger partial charge on any atom is -0.507 e. The van der Waals surface area contributed by atoms with E-state index in [1.165, 1.54) is 5.56 Å². The molecule has 0 atom stereocenters. The van der Waals surface area contributed by atoms with Crippen LogP contribution in [-0.4, -0.2) is 10.1 Å². The molecule has 0 amide bonds. The molecule has 0 radical (unpaired) electrons. The van der Waals surface area contributed by atoms with Gasteiger partial charge in [0.25, 0.3) is 0 Å². The first-order chi connectivity index (χ1) is 12.6. The van der Waals surface area contributed by atoms with Crippen molar-refractivity contribution in [1.29, 1.82) is 0 Å². The lowest BCUT2D eigenvalue weighted by atomic mass is 9.81. The van der Waals surface area contributed by atoms with E-state index in [9.17, 15) is 5.11 Å². The Balaban J connectivity index is 1.80. The summed E-state index contributed by atoms with van der Waals surface area (Å²) in [6.45, 7) is 4.42. The Kier molecular flexibility index (Phi) is 3.02. The number of fused-ring (bicyclic) bond motifs is 4. The molecule has 1 N–H and O–H groups in total. The number of pyridine rings is 1. The van der Waals surface area contributed by atoms with Gasteiger partial charge in [-0.3, -0.25) is 4.98 Å². The molecule has 5 rings (SSSR count). The highest BCUT2D eigenvalue weighted by molar-refractivity contribution is 5.99. The van der Waals surface area contributed by atoms with Gasteiger partial charge >= 0.3 is 0 Å². The van der Waals surface area contributed by atoms with Crippen LogP contribution in [0.2, 0.25) is 0 Å². The van der Waals surface area contributed by atoms with E-state index in [2.05, 4.69) is 44.2 Å². The van der Waals surface area contributed by atoms with E-state index in [1.807, 2.05) is 42.6 Å². The van der Waals surface area contributed by atoms with Crippen molar-refractivity contribution in [3.05, 3.63) is 84.1 Å². The maximum atomic E-state index is 11.0. The van der Waals surface area contributed by atoms with E-state index in [1.54, 1.807) is 0 Å². The lowest BCUT2D eigenvalue weighted by Crippen LogP contribution is -2.15. The highest BCUT2D eigenvalue weighted by Gasteiger charge is 2.39. The zero-order valence-electron chi connectivity index (χ0n) is 14.8. The third-order valence-electron chi connectivity index (χ3n) is 5.60. The minimum absolute atomic E-state index is 0.204. The Morgan fingerprint density at radius 2 is 1.54 bits per heavy atom. The van der Waals surface area contributed by atoms with Gasteiger partial charge in [0, 0.05) is 28.1 Å². The minimum atomic E-state index is -0.204. The Labute approximate surface area is 152 Å². The van der Waals surface area contributed by atoms with Gasteiger partial charge in [-0.2, -0.15) is 0 Å². The predicted molar refractivity (Wildman–Crippen MR) is 106 cm³/mol. The first-order valence-electron chi connectivity index (χ1n) is 8.89. The van der Waals surface area contributed by atoms with Gasteiger partial charge in [-0.1, -0.05) is 68.4 Å². The van der Waals surface area contributed by atoms with Crippen LogP contribution in [0.1, 0.15) is 25.0 Å². The molecule has 0 unspecified atom stereocenters. The number of phenols is 1. The first kappa shape index (κ1) is 15.2. The molecule has 0 aliphatic heterocycles. The van der Waals surface area contributed by atoms with Crippen molar-refractivity contribution in [2.75, 3.05) is 0 Å². The van der Waals surface area contributed by atoms with Crippen molar-refractivity contribution in [3.8, 4) is 28.1 Å². The van der Waals surface area contributed by atoms with Gasteiger partial charge in [0.1, 0.15) is 5.75 Å². The second-order valence-electron chi connectivity index (χ2n) is 7.48. The van der Waals surface area contributed by atoms with Crippen LogP contribution in [0.3, 0.4) is 0 Å². The molecular weight excluding hydrogens is 318 g/mol. The topological polar surface area (TPSA) is 33.1 Å². The number of nitrogens with zero attached hydrogens (tertiary/aromatic N) is 1. The fourth-order valence-corrected chi connectivity index (χ4v) is 4.14. The van der Waals surface area contributed by atoms with Crippen molar-refractivity contribution in [2.45, 2.75) is 19.3 Å². The average Bonchev–Trinajstić information content (AvgIpc) is 2.90. The lowest BCUT2D eigenvalue weighted by Gasteiger charge is -2.22. The highest BCUT2D eigenvalue weighted by Crippen LogP contribution is 2.53. The number of benzene rings is 3. The molecule has 2 nitrogen and oxygen atoms in total. The van der Waals surface area contributed by atoms with E-state index in [4.69, 9.17) is 4.98 Å². The maximum absolute atomic E-state index is 11.0. The van der Waals surface area contributed by atoms with Crippen LogP contribution < -0.4 is 0 Å².